The topological polar surface area (TPSA) is 77.0 Å². The third-order valence-electron chi connectivity index (χ3n) is 4.60. The average molecular weight is 430 g/mol. The van der Waals surface area contributed by atoms with E-state index in [2.05, 4.69) is 10.3 Å². The smallest absolute Gasteiger partial charge is 0.282 e. The molecule has 1 amide bonds. The van der Waals surface area contributed by atoms with Crippen LogP contribution in [-0.4, -0.2) is 32.4 Å². The molecule has 150 valence electrons. The maximum Gasteiger partial charge on any atom is 0.282 e. The summed E-state index contributed by atoms with van der Waals surface area (Å²) < 4.78 is 7.92. The highest BCUT2D eigenvalue weighted by molar-refractivity contribution is 7.22. The van der Waals surface area contributed by atoms with Gasteiger partial charge in [0.25, 0.3) is 5.91 Å². The minimum Gasteiger partial charge on any atom is -0.361 e. The van der Waals surface area contributed by atoms with E-state index in [1.165, 1.54) is 11.3 Å². The van der Waals surface area contributed by atoms with Gasteiger partial charge in [0, 0.05) is 23.3 Å². The van der Waals surface area contributed by atoms with E-state index in [4.69, 9.17) is 21.1 Å². The average Bonchev–Trinajstić information content (AvgIpc) is 3.34. The number of thiazole rings is 1. The highest BCUT2D eigenvalue weighted by Gasteiger charge is 2.24. The Bertz CT molecular complexity index is 1210. The second-order valence-electron chi connectivity index (χ2n) is 7.00. The van der Waals surface area contributed by atoms with E-state index in [0.29, 0.717) is 29.0 Å². The summed E-state index contributed by atoms with van der Waals surface area (Å²) in [6, 6.07) is 7.38. The van der Waals surface area contributed by atoms with Crippen molar-refractivity contribution >= 4 is 44.2 Å². The summed E-state index contributed by atoms with van der Waals surface area (Å²) in [5, 5.41) is 9.63. The SMILES string of the molecule is Cc1cc(C)n(CCN(C(=O)c2cc(C)on2)c2nc3c(C)cc(Cl)cc3s2)n1. The van der Waals surface area contributed by atoms with Gasteiger partial charge in [0.05, 0.1) is 22.5 Å². The minimum absolute atomic E-state index is 0.255. The van der Waals surface area contributed by atoms with E-state index >= 15 is 0 Å². The fraction of sp³-hybridized carbons (Fsp3) is 0.300. The van der Waals surface area contributed by atoms with Crippen molar-refractivity contribution in [2.45, 2.75) is 34.2 Å². The normalized spacial score (nSPS) is 11.3. The molecular formula is C20H20ClN5O2S. The lowest BCUT2D eigenvalue weighted by Crippen LogP contribution is -2.34. The Hall–Kier alpha value is -2.71. The Balaban J connectivity index is 1.72. The zero-order valence-electron chi connectivity index (χ0n) is 16.6. The number of rotatable bonds is 5. The van der Waals surface area contributed by atoms with Crippen LogP contribution in [0.2, 0.25) is 5.02 Å². The fourth-order valence-corrected chi connectivity index (χ4v) is 4.69. The molecule has 0 saturated carbocycles. The molecule has 0 N–H and O–H groups in total. The Kier molecular flexibility index (Phi) is 5.14. The van der Waals surface area contributed by atoms with Crippen molar-refractivity contribution in [3.63, 3.8) is 0 Å². The maximum atomic E-state index is 13.2. The monoisotopic (exact) mass is 429 g/mol. The van der Waals surface area contributed by atoms with Crippen LogP contribution in [0, 0.1) is 27.7 Å². The second kappa shape index (κ2) is 7.61. The van der Waals surface area contributed by atoms with E-state index in [1.807, 2.05) is 43.7 Å². The van der Waals surface area contributed by atoms with Crippen LogP contribution in [0.5, 0.6) is 0 Å². The van der Waals surface area contributed by atoms with E-state index < -0.39 is 0 Å². The summed E-state index contributed by atoms with van der Waals surface area (Å²) in [6.07, 6.45) is 0. The van der Waals surface area contributed by atoms with Crippen LogP contribution in [0.1, 0.15) is 33.2 Å². The molecule has 0 fully saturated rings. The van der Waals surface area contributed by atoms with Crippen molar-refractivity contribution in [2.75, 3.05) is 11.4 Å². The Labute approximate surface area is 176 Å². The van der Waals surface area contributed by atoms with Crippen molar-refractivity contribution in [3.8, 4) is 0 Å². The van der Waals surface area contributed by atoms with Gasteiger partial charge in [0.1, 0.15) is 5.76 Å². The maximum absolute atomic E-state index is 13.2. The standard InChI is InChI=1S/C20H20ClN5O2S/c1-11-7-15(21)10-17-18(11)22-20(29-17)25(19(27)16-9-14(4)28-24-16)5-6-26-13(3)8-12(2)23-26/h7-10H,5-6H2,1-4H3. The van der Waals surface area contributed by atoms with E-state index in [1.54, 1.807) is 17.9 Å². The van der Waals surface area contributed by atoms with Crippen LogP contribution in [0.3, 0.4) is 0 Å². The zero-order valence-corrected chi connectivity index (χ0v) is 18.1. The lowest BCUT2D eigenvalue weighted by Gasteiger charge is -2.19. The Morgan fingerprint density at radius 3 is 2.66 bits per heavy atom. The molecule has 4 aromatic rings. The first-order valence-electron chi connectivity index (χ1n) is 9.15. The number of hydrogen-bond donors (Lipinski definition) is 0. The number of carbonyl (C=O) groups excluding carboxylic acids is 1. The van der Waals surface area contributed by atoms with Gasteiger partial charge >= 0.3 is 0 Å². The molecule has 0 aliphatic carbocycles. The van der Waals surface area contributed by atoms with Gasteiger partial charge in [0.2, 0.25) is 0 Å². The first kappa shape index (κ1) is 19.6. The molecule has 0 aliphatic heterocycles. The van der Waals surface area contributed by atoms with Crippen molar-refractivity contribution in [2.24, 2.45) is 0 Å². The molecule has 0 saturated heterocycles. The van der Waals surface area contributed by atoms with Crippen molar-refractivity contribution < 1.29 is 9.32 Å². The molecule has 0 aliphatic rings. The Morgan fingerprint density at radius 1 is 1.21 bits per heavy atom. The molecule has 7 nitrogen and oxygen atoms in total. The summed E-state index contributed by atoms with van der Waals surface area (Å²) in [6.45, 7) is 8.60. The van der Waals surface area contributed by atoms with Crippen LogP contribution < -0.4 is 4.90 Å². The van der Waals surface area contributed by atoms with E-state index in [9.17, 15) is 4.79 Å². The summed E-state index contributed by atoms with van der Waals surface area (Å²) in [4.78, 5) is 19.6. The number of fused-ring (bicyclic) bond motifs is 1. The Morgan fingerprint density at radius 2 is 2.00 bits per heavy atom. The lowest BCUT2D eigenvalue weighted by atomic mass is 10.2. The number of nitrogens with zero attached hydrogens (tertiary/aromatic N) is 5. The third kappa shape index (κ3) is 3.90. The van der Waals surface area contributed by atoms with Gasteiger partial charge in [-0.25, -0.2) is 4.98 Å². The number of amides is 1. The number of aromatic nitrogens is 4. The zero-order chi connectivity index (χ0) is 20.7. The minimum atomic E-state index is -0.258. The molecule has 29 heavy (non-hydrogen) atoms. The first-order chi connectivity index (χ1) is 13.8. The number of benzene rings is 1. The summed E-state index contributed by atoms with van der Waals surface area (Å²) in [7, 11) is 0. The second-order valence-corrected chi connectivity index (χ2v) is 8.44. The number of anilines is 1. The molecule has 0 unspecified atom stereocenters. The molecule has 4 rings (SSSR count). The van der Waals surface area contributed by atoms with Crippen molar-refractivity contribution in [1.29, 1.82) is 0 Å². The summed E-state index contributed by atoms with van der Waals surface area (Å²) in [5.74, 6) is 0.324. The van der Waals surface area contributed by atoms with Gasteiger partial charge in [-0.2, -0.15) is 5.10 Å². The quantitative estimate of drug-likeness (QED) is 0.459. The first-order valence-corrected chi connectivity index (χ1v) is 10.3. The number of carbonyl (C=O) groups is 1. The van der Waals surface area contributed by atoms with Gasteiger partial charge in [-0.05, 0) is 51.5 Å². The molecule has 9 heteroatoms. The van der Waals surface area contributed by atoms with Gasteiger partial charge in [0.15, 0.2) is 10.8 Å². The highest BCUT2D eigenvalue weighted by Crippen LogP contribution is 2.33. The van der Waals surface area contributed by atoms with E-state index in [0.717, 1.165) is 27.2 Å². The molecule has 3 aromatic heterocycles. The van der Waals surface area contributed by atoms with Crippen LogP contribution >= 0.6 is 22.9 Å². The summed E-state index contributed by atoms with van der Waals surface area (Å²) in [5.41, 5.74) is 4.05. The molecule has 1 aromatic carbocycles. The molecular weight excluding hydrogens is 410 g/mol. The van der Waals surface area contributed by atoms with Gasteiger partial charge in [-0.1, -0.05) is 28.1 Å². The van der Waals surface area contributed by atoms with Crippen LogP contribution in [0.25, 0.3) is 10.2 Å². The fourth-order valence-electron chi connectivity index (χ4n) is 3.24. The van der Waals surface area contributed by atoms with Gasteiger partial charge < -0.3 is 4.52 Å². The number of aryl methyl sites for hydroxylation is 4. The van der Waals surface area contributed by atoms with Gasteiger partial charge in [-0.15, -0.1) is 0 Å². The summed E-state index contributed by atoms with van der Waals surface area (Å²) >= 11 is 7.63. The molecule has 0 bridgehead atoms. The van der Waals surface area contributed by atoms with Crippen LogP contribution in [0.15, 0.2) is 28.8 Å². The highest BCUT2D eigenvalue weighted by atomic mass is 35.5. The predicted molar refractivity (Wildman–Crippen MR) is 114 cm³/mol. The van der Waals surface area contributed by atoms with Crippen molar-refractivity contribution in [1.82, 2.24) is 19.9 Å². The third-order valence-corrected chi connectivity index (χ3v) is 5.84. The molecule has 0 atom stereocenters. The molecule has 0 spiro atoms. The largest absolute Gasteiger partial charge is 0.361 e. The number of hydrogen-bond acceptors (Lipinski definition) is 6. The van der Waals surface area contributed by atoms with E-state index in [-0.39, 0.29) is 11.6 Å². The van der Waals surface area contributed by atoms with Crippen LogP contribution in [0.4, 0.5) is 5.13 Å². The lowest BCUT2D eigenvalue weighted by molar-refractivity contribution is 0.0977. The van der Waals surface area contributed by atoms with Crippen LogP contribution in [-0.2, 0) is 6.54 Å². The number of halogens is 1. The van der Waals surface area contributed by atoms with Gasteiger partial charge in [-0.3, -0.25) is 14.4 Å². The predicted octanol–water partition coefficient (Wildman–Crippen LogP) is 4.71. The molecule has 3 heterocycles. The van der Waals surface area contributed by atoms with Crippen molar-refractivity contribution in [3.05, 3.63) is 57.7 Å². The molecule has 0 radical (unpaired) electrons.